The first-order chi connectivity index (χ1) is 14.6. The van der Waals surface area contributed by atoms with Gasteiger partial charge in [0.05, 0.1) is 10.6 Å². The van der Waals surface area contributed by atoms with E-state index in [0.717, 1.165) is 42.9 Å². The number of aryl methyl sites for hydroxylation is 2. The maximum absolute atomic E-state index is 12.8. The van der Waals surface area contributed by atoms with Crippen molar-refractivity contribution in [3.8, 4) is 0 Å². The van der Waals surface area contributed by atoms with E-state index in [1.807, 2.05) is 36.4 Å². The molecule has 0 fully saturated rings. The van der Waals surface area contributed by atoms with Crippen molar-refractivity contribution in [3.05, 3.63) is 77.9 Å². The standard InChI is InChI=1S/C27H34O2S/c1-2-3-12-23-18-20-24(21-19-23)13-7-5-4-6-10-22-30(28,29)27-17-11-15-25-14-8-9-16-26(25)27/h8-9,11,14-21H,2-7,10,12-13,22H2,1H3. The average molecular weight is 423 g/mol. The summed E-state index contributed by atoms with van der Waals surface area (Å²) in [6, 6.07) is 22.3. The van der Waals surface area contributed by atoms with Gasteiger partial charge in [0.1, 0.15) is 0 Å². The van der Waals surface area contributed by atoms with E-state index in [2.05, 4.69) is 31.2 Å². The summed E-state index contributed by atoms with van der Waals surface area (Å²) in [6.07, 6.45) is 9.93. The maximum Gasteiger partial charge on any atom is 0.178 e. The van der Waals surface area contributed by atoms with Crippen LogP contribution < -0.4 is 0 Å². The van der Waals surface area contributed by atoms with Crippen molar-refractivity contribution < 1.29 is 8.42 Å². The van der Waals surface area contributed by atoms with Crippen molar-refractivity contribution in [2.45, 2.75) is 69.6 Å². The molecule has 0 aromatic heterocycles. The Balaban J connectivity index is 1.38. The second-order valence-electron chi connectivity index (χ2n) is 8.23. The van der Waals surface area contributed by atoms with Gasteiger partial charge in [-0.25, -0.2) is 8.42 Å². The fourth-order valence-corrected chi connectivity index (χ4v) is 5.59. The van der Waals surface area contributed by atoms with Gasteiger partial charge in [-0.1, -0.05) is 93.3 Å². The highest BCUT2D eigenvalue weighted by Gasteiger charge is 2.16. The van der Waals surface area contributed by atoms with Crippen LogP contribution in [0.3, 0.4) is 0 Å². The van der Waals surface area contributed by atoms with Gasteiger partial charge in [-0.15, -0.1) is 0 Å². The summed E-state index contributed by atoms with van der Waals surface area (Å²) >= 11 is 0. The molecule has 3 heteroatoms. The molecule has 0 amide bonds. The molecule has 0 aliphatic carbocycles. The summed E-state index contributed by atoms with van der Waals surface area (Å²) in [5.41, 5.74) is 2.85. The molecule has 0 saturated heterocycles. The van der Waals surface area contributed by atoms with E-state index < -0.39 is 9.84 Å². The monoisotopic (exact) mass is 422 g/mol. The van der Waals surface area contributed by atoms with E-state index in [1.54, 1.807) is 6.07 Å². The zero-order valence-electron chi connectivity index (χ0n) is 18.1. The van der Waals surface area contributed by atoms with Crippen LogP contribution in [0.15, 0.2) is 71.6 Å². The van der Waals surface area contributed by atoms with Gasteiger partial charge >= 0.3 is 0 Å². The fourth-order valence-electron chi connectivity index (χ4n) is 3.98. The van der Waals surface area contributed by atoms with E-state index in [0.29, 0.717) is 4.90 Å². The summed E-state index contributed by atoms with van der Waals surface area (Å²) < 4.78 is 25.6. The summed E-state index contributed by atoms with van der Waals surface area (Å²) in [4.78, 5) is 0.475. The number of hydrogen-bond acceptors (Lipinski definition) is 2. The molecule has 0 radical (unpaired) electrons. The molecule has 0 atom stereocenters. The van der Waals surface area contributed by atoms with E-state index in [1.165, 1.54) is 36.8 Å². The Labute approximate surface area is 182 Å². The Morgan fingerprint density at radius 3 is 1.97 bits per heavy atom. The van der Waals surface area contributed by atoms with Gasteiger partial charge in [-0.2, -0.15) is 0 Å². The first kappa shape index (κ1) is 22.6. The largest absolute Gasteiger partial charge is 0.224 e. The highest BCUT2D eigenvalue weighted by Crippen LogP contribution is 2.24. The summed E-state index contributed by atoms with van der Waals surface area (Å²) in [5, 5.41) is 1.82. The van der Waals surface area contributed by atoms with Crippen molar-refractivity contribution in [2.75, 3.05) is 5.75 Å². The van der Waals surface area contributed by atoms with Crippen LogP contribution in [0.2, 0.25) is 0 Å². The van der Waals surface area contributed by atoms with Gasteiger partial charge in [0.2, 0.25) is 0 Å². The summed E-state index contributed by atoms with van der Waals surface area (Å²) in [7, 11) is -3.23. The molecule has 3 aromatic rings. The lowest BCUT2D eigenvalue weighted by Crippen LogP contribution is -2.07. The molecular formula is C27H34O2S. The SMILES string of the molecule is CCCCc1ccc(CCCCCCCS(=O)(=O)c2cccc3ccccc23)cc1. The van der Waals surface area contributed by atoms with Gasteiger partial charge in [0.15, 0.2) is 9.84 Å². The number of hydrogen-bond donors (Lipinski definition) is 0. The minimum absolute atomic E-state index is 0.236. The second kappa shape index (κ2) is 11.3. The Morgan fingerprint density at radius 1 is 0.633 bits per heavy atom. The van der Waals surface area contributed by atoms with E-state index in [-0.39, 0.29) is 5.75 Å². The molecule has 0 N–H and O–H groups in total. The van der Waals surface area contributed by atoms with Crippen molar-refractivity contribution in [2.24, 2.45) is 0 Å². The lowest BCUT2D eigenvalue weighted by Gasteiger charge is -2.08. The van der Waals surface area contributed by atoms with Crippen LogP contribution >= 0.6 is 0 Å². The predicted molar refractivity (Wildman–Crippen MR) is 128 cm³/mol. The van der Waals surface area contributed by atoms with Crippen LogP contribution in [0, 0.1) is 0 Å². The first-order valence-electron chi connectivity index (χ1n) is 11.4. The third kappa shape index (κ3) is 6.43. The molecule has 2 nitrogen and oxygen atoms in total. The quantitative estimate of drug-likeness (QED) is 0.290. The highest BCUT2D eigenvalue weighted by molar-refractivity contribution is 7.91. The molecular weight excluding hydrogens is 388 g/mol. The van der Waals surface area contributed by atoms with Gasteiger partial charge in [-0.05, 0) is 54.7 Å². The number of rotatable bonds is 12. The fraction of sp³-hybridized carbons (Fsp3) is 0.407. The van der Waals surface area contributed by atoms with Crippen LogP contribution in [0.4, 0.5) is 0 Å². The van der Waals surface area contributed by atoms with Crippen molar-refractivity contribution in [1.29, 1.82) is 0 Å². The normalized spacial score (nSPS) is 11.8. The van der Waals surface area contributed by atoms with Crippen molar-refractivity contribution >= 4 is 20.6 Å². The average Bonchev–Trinajstić information content (AvgIpc) is 2.77. The molecule has 3 rings (SSSR count). The first-order valence-corrected chi connectivity index (χ1v) is 13.0. The zero-order chi connectivity index (χ0) is 21.2. The number of benzene rings is 3. The number of unbranched alkanes of at least 4 members (excludes halogenated alkanes) is 5. The smallest absolute Gasteiger partial charge is 0.178 e. The Bertz CT molecular complexity index is 1010. The molecule has 0 heterocycles. The van der Waals surface area contributed by atoms with Gasteiger partial charge in [0.25, 0.3) is 0 Å². The van der Waals surface area contributed by atoms with Gasteiger partial charge < -0.3 is 0 Å². The zero-order valence-corrected chi connectivity index (χ0v) is 19.0. The van der Waals surface area contributed by atoms with Crippen molar-refractivity contribution in [1.82, 2.24) is 0 Å². The van der Waals surface area contributed by atoms with E-state index >= 15 is 0 Å². The second-order valence-corrected chi connectivity index (χ2v) is 10.3. The highest BCUT2D eigenvalue weighted by atomic mass is 32.2. The van der Waals surface area contributed by atoms with Gasteiger partial charge in [-0.3, -0.25) is 0 Å². The minimum Gasteiger partial charge on any atom is -0.224 e. The van der Waals surface area contributed by atoms with Crippen LogP contribution in [0.25, 0.3) is 10.8 Å². The molecule has 30 heavy (non-hydrogen) atoms. The topological polar surface area (TPSA) is 34.1 Å². The predicted octanol–water partition coefficient (Wildman–Crippen LogP) is 7.15. The maximum atomic E-state index is 12.8. The molecule has 0 bridgehead atoms. The Hall–Kier alpha value is -2.13. The Kier molecular flexibility index (Phi) is 8.50. The third-order valence-corrected chi connectivity index (χ3v) is 7.66. The minimum atomic E-state index is -3.23. The third-order valence-electron chi connectivity index (χ3n) is 5.81. The van der Waals surface area contributed by atoms with Gasteiger partial charge in [0, 0.05) is 5.39 Å². The number of sulfone groups is 1. The molecule has 0 saturated carbocycles. The molecule has 0 unspecified atom stereocenters. The molecule has 0 aliphatic rings. The van der Waals surface area contributed by atoms with Crippen LogP contribution in [0.5, 0.6) is 0 Å². The van der Waals surface area contributed by atoms with Crippen LogP contribution in [-0.2, 0) is 22.7 Å². The van der Waals surface area contributed by atoms with E-state index in [4.69, 9.17) is 0 Å². The summed E-state index contributed by atoms with van der Waals surface area (Å²) in [6.45, 7) is 2.23. The molecule has 0 aliphatic heterocycles. The molecule has 160 valence electrons. The molecule has 0 spiro atoms. The van der Waals surface area contributed by atoms with Crippen molar-refractivity contribution in [3.63, 3.8) is 0 Å². The lowest BCUT2D eigenvalue weighted by molar-refractivity contribution is 0.585. The van der Waals surface area contributed by atoms with E-state index in [9.17, 15) is 8.42 Å². The number of fused-ring (bicyclic) bond motifs is 1. The van der Waals surface area contributed by atoms with Crippen LogP contribution in [0.1, 0.15) is 63.0 Å². The van der Waals surface area contributed by atoms with Crippen LogP contribution in [-0.4, -0.2) is 14.2 Å². The molecule has 3 aromatic carbocycles. The summed E-state index contributed by atoms with van der Waals surface area (Å²) in [5.74, 6) is 0.236. The Morgan fingerprint density at radius 2 is 1.23 bits per heavy atom. The lowest BCUT2D eigenvalue weighted by atomic mass is 10.0.